The molecule has 0 saturated carbocycles. The summed E-state index contributed by atoms with van der Waals surface area (Å²) in [6.45, 7) is 6.65. The molecule has 0 unspecified atom stereocenters. The summed E-state index contributed by atoms with van der Waals surface area (Å²) >= 11 is 0. The minimum atomic E-state index is -4.89. The molecule has 0 amide bonds. The molecule has 216 valence electrons. The van der Waals surface area contributed by atoms with E-state index in [0.717, 1.165) is 24.8 Å². The Kier molecular flexibility index (Phi) is 10.8. The van der Waals surface area contributed by atoms with Gasteiger partial charge in [-0.25, -0.2) is 17.6 Å². The van der Waals surface area contributed by atoms with E-state index in [1.807, 2.05) is 13.8 Å². The Morgan fingerprint density at radius 1 is 0.756 bits per heavy atom. The molecule has 1 nitrogen and oxygen atoms in total. The van der Waals surface area contributed by atoms with E-state index in [2.05, 4.69) is 6.92 Å². The van der Waals surface area contributed by atoms with Gasteiger partial charge in [0.25, 0.3) is 0 Å². The first-order valence-corrected chi connectivity index (χ1v) is 13.3. The minimum Gasteiger partial charge on any atom is -0.494 e. The van der Waals surface area contributed by atoms with Crippen molar-refractivity contribution in [2.45, 2.75) is 52.6 Å². The molecule has 0 aliphatic heterocycles. The van der Waals surface area contributed by atoms with Crippen molar-refractivity contribution in [3.05, 3.63) is 101 Å². The van der Waals surface area contributed by atoms with Gasteiger partial charge in [0, 0.05) is 16.9 Å². The van der Waals surface area contributed by atoms with Gasteiger partial charge in [0.15, 0.2) is 0 Å². The molecule has 41 heavy (non-hydrogen) atoms. The molecular weight excluding hydrogens is 545 g/mol. The molecule has 4 aromatic carbocycles. The molecule has 0 saturated heterocycles. The molecular formula is C33H29F7O. The smallest absolute Gasteiger partial charge is 0.458 e. The van der Waals surface area contributed by atoms with Crippen LogP contribution in [0, 0.1) is 35.1 Å². The summed E-state index contributed by atoms with van der Waals surface area (Å²) < 4.78 is 101. The normalized spacial score (nSPS) is 11.0. The Bertz CT molecular complexity index is 1520. The molecule has 0 spiro atoms. The third-order valence-electron chi connectivity index (χ3n) is 6.18. The lowest BCUT2D eigenvalue weighted by Crippen LogP contribution is -2.03. The van der Waals surface area contributed by atoms with E-state index in [9.17, 15) is 30.7 Å². The van der Waals surface area contributed by atoms with Gasteiger partial charge in [0.05, 0.1) is 12.2 Å². The van der Waals surface area contributed by atoms with Crippen molar-refractivity contribution in [1.29, 1.82) is 0 Å². The van der Waals surface area contributed by atoms with Crippen LogP contribution in [-0.2, 0) is 12.8 Å². The van der Waals surface area contributed by atoms with Crippen LogP contribution in [0.25, 0.3) is 21.9 Å². The Morgan fingerprint density at radius 3 is 2.02 bits per heavy atom. The first-order chi connectivity index (χ1) is 19.6. The molecule has 0 fully saturated rings. The Labute approximate surface area is 235 Å². The lowest BCUT2D eigenvalue weighted by molar-refractivity contribution is -0.0696. The van der Waals surface area contributed by atoms with Gasteiger partial charge in [-0.2, -0.15) is 13.2 Å². The Hall–Kier alpha value is -3.99. The zero-order chi connectivity index (χ0) is 30.2. The summed E-state index contributed by atoms with van der Waals surface area (Å²) in [6, 6.07) is 14.5. The molecule has 0 aromatic heterocycles. The van der Waals surface area contributed by atoms with Crippen molar-refractivity contribution in [2.24, 2.45) is 0 Å². The molecule has 0 aliphatic carbocycles. The number of ether oxygens (including phenoxy) is 1. The summed E-state index contributed by atoms with van der Waals surface area (Å²) in [5.74, 6) is -0.850. The maximum Gasteiger partial charge on any atom is 0.458 e. The summed E-state index contributed by atoms with van der Waals surface area (Å²) in [6.07, 6.45) is -2.83. The third kappa shape index (κ3) is 8.26. The third-order valence-corrected chi connectivity index (χ3v) is 6.18. The van der Waals surface area contributed by atoms with Crippen molar-refractivity contribution >= 4 is 10.8 Å². The maximum atomic E-state index is 14.9. The zero-order valence-corrected chi connectivity index (χ0v) is 22.9. The van der Waals surface area contributed by atoms with Crippen LogP contribution in [0.3, 0.4) is 0 Å². The molecule has 0 atom stereocenters. The quantitative estimate of drug-likeness (QED) is 0.116. The van der Waals surface area contributed by atoms with Crippen molar-refractivity contribution in [2.75, 3.05) is 6.61 Å². The van der Waals surface area contributed by atoms with Crippen LogP contribution in [-0.4, -0.2) is 12.8 Å². The van der Waals surface area contributed by atoms with E-state index in [1.54, 1.807) is 24.3 Å². The Balaban J connectivity index is 0.00000226. The van der Waals surface area contributed by atoms with Gasteiger partial charge in [-0.05, 0) is 71.7 Å². The van der Waals surface area contributed by atoms with E-state index >= 15 is 0 Å². The van der Waals surface area contributed by atoms with Crippen LogP contribution in [0.4, 0.5) is 30.7 Å². The first-order valence-electron chi connectivity index (χ1n) is 13.3. The fraction of sp³-hybridized carbons (Fsp3) is 0.273. The van der Waals surface area contributed by atoms with Crippen LogP contribution in [0.15, 0.2) is 60.7 Å². The number of hydrogen-bond acceptors (Lipinski definition) is 1. The largest absolute Gasteiger partial charge is 0.494 e. The SMILES string of the molecule is CC.CCCCOc1ccc(-c2cc(F)c(CCc3ccc4c(F)c(C#CC(F)(F)F)c(F)cc4c3)c(F)c2)cc1. The highest BCUT2D eigenvalue weighted by atomic mass is 19.4. The summed E-state index contributed by atoms with van der Waals surface area (Å²) in [5.41, 5.74) is 0.427. The number of unbranched alkanes of at least 4 members (excludes halogenated alkanes) is 1. The average molecular weight is 575 g/mol. The maximum absolute atomic E-state index is 14.9. The fourth-order valence-electron chi connectivity index (χ4n) is 4.14. The highest BCUT2D eigenvalue weighted by Crippen LogP contribution is 2.29. The number of fused-ring (bicyclic) bond motifs is 1. The van der Waals surface area contributed by atoms with Gasteiger partial charge >= 0.3 is 6.18 Å². The highest BCUT2D eigenvalue weighted by Gasteiger charge is 2.24. The molecule has 0 radical (unpaired) electrons. The predicted octanol–water partition coefficient (Wildman–Crippen LogP) is 9.97. The molecule has 0 bridgehead atoms. The van der Waals surface area contributed by atoms with Crippen LogP contribution in [0.2, 0.25) is 0 Å². The number of alkyl halides is 3. The standard InChI is InChI=1S/C31H23F7O.C2H6/c1-2-3-14-39-23-8-6-20(7-9-23)21-16-27(32)25(28(33)17-21)11-5-19-4-10-24-22(15-19)18-29(34)26(30(24)35)12-13-31(36,37)38;1-2/h4,6-10,15-18H,2-3,5,11,14H2,1H3;1-2H3. The van der Waals surface area contributed by atoms with E-state index in [4.69, 9.17) is 4.74 Å². The number of aryl methyl sites for hydroxylation is 1. The Morgan fingerprint density at radius 2 is 1.41 bits per heavy atom. The second-order valence-electron chi connectivity index (χ2n) is 9.00. The minimum absolute atomic E-state index is 0.0201. The first kappa shape index (κ1) is 31.5. The zero-order valence-electron chi connectivity index (χ0n) is 22.9. The van der Waals surface area contributed by atoms with Crippen molar-refractivity contribution in [3.8, 4) is 28.7 Å². The predicted molar refractivity (Wildman–Crippen MR) is 148 cm³/mol. The topological polar surface area (TPSA) is 9.23 Å². The summed E-state index contributed by atoms with van der Waals surface area (Å²) in [7, 11) is 0. The second kappa shape index (κ2) is 14.1. The van der Waals surface area contributed by atoms with Gasteiger partial charge in [-0.3, -0.25) is 0 Å². The lowest BCUT2D eigenvalue weighted by atomic mass is 9.97. The van der Waals surface area contributed by atoms with Crippen LogP contribution < -0.4 is 4.74 Å². The molecule has 8 heteroatoms. The summed E-state index contributed by atoms with van der Waals surface area (Å²) in [4.78, 5) is 0. The number of hydrogen-bond donors (Lipinski definition) is 0. The molecule has 0 aliphatic rings. The molecule has 4 rings (SSSR count). The van der Waals surface area contributed by atoms with Gasteiger partial charge in [-0.15, -0.1) is 0 Å². The van der Waals surface area contributed by atoms with Crippen LogP contribution in [0.1, 0.15) is 50.3 Å². The number of halogens is 7. The van der Waals surface area contributed by atoms with Gasteiger partial charge in [0.2, 0.25) is 0 Å². The number of benzene rings is 4. The van der Waals surface area contributed by atoms with Crippen molar-refractivity contribution in [3.63, 3.8) is 0 Å². The van der Waals surface area contributed by atoms with E-state index in [-0.39, 0.29) is 29.2 Å². The second-order valence-corrected chi connectivity index (χ2v) is 9.00. The molecule has 0 heterocycles. The molecule has 4 aromatic rings. The van der Waals surface area contributed by atoms with E-state index in [1.165, 1.54) is 36.3 Å². The highest BCUT2D eigenvalue weighted by molar-refractivity contribution is 5.85. The van der Waals surface area contributed by atoms with E-state index in [0.29, 0.717) is 29.0 Å². The average Bonchev–Trinajstić information content (AvgIpc) is 2.93. The summed E-state index contributed by atoms with van der Waals surface area (Å²) in [5, 5.41) is -0.0198. The van der Waals surface area contributed by atoms with Crippen molar-refractivity contribution in [1.82, 2.24) is 0 Å². The van der Waals surface area contributed by atoms with Gasteiger partial charge < -0.3 is 4.74 Å². The number of rotatable bonds is 8. The lowest BCUT2D eigenvalue weighted by Gasteiger charge is -2.11. The van der Waals surface area contributed by atoms with E-state index < -0.39 is 35.0 Å². The van der Waals surface area contributed by atoms with Crippen LogP contribution in [0.5, 0.6) is 5.75 Å². The van der Waals surface area contributed by atoms with Crippen LogP contribution >= 0.6 is 0 Å². The van der Waals surface area contributed by atoms with Crippen molar-refractivity contribution < 1.29 is 35.5 Å². The monoisotopic (exact) mass is 574 g/mol. The van der Waals surface area contributed by atoms with Gasteiger partial charge in [0.1, 0.15) is 29.0 Å². The van der Waals surface area contributed by atoms with Gasteiger partial charge in [-0.1, -0.05) is 63.4 Å². The fourth-order valence-corrected chi connectivity index (χ4v) is 4.14. The molecule has 0 N–H and O–H groups in total.